The monoisotopic (exact) mass is 295 g/mol. The molecule has 0 aliphatic carbocycles. The van der Waals surface area contributed by atoms with Crippen molar-refractivity contribution in [3.8, 4) is 12.3 Å². The van der Waals surface area contributed by atoms with Gasteiger partial charge in [-0.2, -0.15) is 5.10 Å². The fraction of sp³-hybridized carbons (Fsp3) is 0.294. The topological polar surface area (TPSA) is 54.2 Å². The molecule has 5 heteroatoms. The first-order chi connectivity index (χ1) is 10.8. The maximum atomic E-state index is 5.25. The molecule has 0 fully saturated rings. The molecule has 1 aromatic carbocycles. The van der Waals surface area contributed by atoms with Crippen LogP contribution >= 0.6 is 0 Å². The first-order valence-corrected chi connectivity index (χ1v) is 7.32. The number of rotatable bonds is 6. The van der Waals surface area contributed by atoms with Crippen molar-refractivity contribution in [1.29, 1.82) is 0 Å². The zero-order chi connectivity index (χ0) is 15.6. The van der Waals surface area contributed by atoms with E-state index in [9.17, 15) is 0 Å². The molecule has 2 rings (SSSR count). The number of hydrogen-bond donors (Lipinski definition) is 2. The number of terminal acetylenes is 1. The Morgan fingerprint density at radius 2 is 2.09 bits per heavy atom. The Morgan fingerprint density at radius 3 is 2.82 bits per heavy atom. The van der Waals surface area contributed by atoms with E-state index in [2.05, 4.69) is 38.8 Å². The van der Waals surface area contributed by atoms with Gasteiger partial charge in [-0.05, 0) is 12.5 Å². The second-order valence-electron chi connectivity index (χ2n) is 4.78. The summed E-state index contributed by atoms with van der Waals surface area (Å²) < 4.78 is 1.92. The van der Waals surface area contributed by atoms with E-state index in [-0.39, 0.29) is 0 Å². The number of nitrogens with zero attached hydrogens (tertiary/aromatic N) is 3. The van der Waals surface area contributed by atoms with Crippen LogP contribution in [0.3, 0.4) is 0 Å². The van der Waals surface area contributed by atoms with Gasteiger partial charge in [0.05, 0.1) is 25.8 Å². The third kappa shape index (κ3) is 4.98. The molecule has 0 aliphatic heterocycles. The van der Waals surface area contributed by atoms with Gasteiger partial charge in [-0.25, -0.2) is 4.99 Å². The zero-order valence-electron chi connectivity index (χ0n) is 12.8. The van der Waals surface area contributed by atoms with Crippen LogP contribution in [-0.4, -0.2) is 28.8 Å². The van der Waals surface area contributed by atoms with Gasteiger partial charge in [-0.3, -0.25) is 4.68 Å². The maximum absolute atomic E-state index is 5.25. The van der Waals surface area contributed by atoms with Crippen LogP contribution in [0, 0.1) is 12.3 Å². The van der Waals surface area contributed by atoms with E-state index >= 15 is 0 Å². The molecule has 2 aromatic rings. The summed E-state index contributed by atoms with van der Waals surface area (Å²) in [5.74, 6) is 3.26. The third-order valence-corrected chi connectivity index (χ3v) is 3.00. The summed E-state index contributed by atoms with van der Waals surface area (Å²) in [5, 5.41) is 10.6. The summed E-state index contributed by atoms with van der Waals surface area (Å²) in [4.78, 5) is 4.49. The molecule has 5 nitrogen and oxygen atoms in total. The van der Waals surface area contributed by atoms with Gasteiger partial charge in [0.2, 0.25) is 0 Å². The van der Waals surface area contributed by atoms with Crippen molar-refractivity contribution >= 4 is 5.96 Å². The molecule has 0 bridgehead atoms. The van der Waals surface area contributed by atoms with Crippen molar-refractivity contribution in [1.82, 2.24) is 20.4 Å². The highest BCUT2D eigenvalue weighted by Crippen LogP contribution is 2.04. The third-order valence-electron chi connectivity index (χ3n) is 3.00. The van der Waals surface area contributed by atoms with Gasteiger partial charge in [-0.1, -0.05) is 36.3 Å². The first kappa shape index (κ1) is 15.6. The minimum absolute atomic E-state index is 0.457. The average Bonchev–Trinajstić information content (AvgIpc) is 2.98. The standard InChI is InChI=1S/C17H21N5/c1-3-10-19-17(18-4-2)20-11-16-12-21-22(14-16)13-15-8-6-5-7-9-15/h1,5-9,12,14H,4,10-11,13H2,2H3,(H2,18,19,20). The van der Waals surface area contributed by atoms with Crippen LogP contribution in [0.25, 0.3) is 0 Å². The van der Waals surface area contributed by atoms with E-state index in [1.165, 1.54) is 5.56 Å². The minimum atomic E-state index is 0.457. The zero-order valence-corrected chi connectivity index (χ0v) is 12.8. The normalized spacial score (nSPS) is 11.0. The second-order valence-corrected chi connectivity index (χ2v) is 4.78. The lowest BCUT2D eigenvalue weighted by Gasteiger charge is -2.08. The van der Waals surface area contributed by atoms with Crippen molar-refractivity contribution in [2.45, 2.75) is 20.0 Å². The molecule has 1 aromatic heterocycles. The molecule has 114 valence electrons. The molecular weight excluding hydrogens is 274 g/mol. The largest absolute Gasteiger partial charge is 0.357 e. The van der Waals surface area contributed by atoms with Crippen molar-refractivity contribution in [3.05, 3.63) is 53.9 Å². The first-order valence-electron chi connectivity index (χ1n) is 7.32. The van der Waals surface area contributed by atoms with Crippen LogP contribution in [0.2, 0.25) is 0 Å². The highest BCUT2D eigenvalue weighted by molar-refractivity contribution is 5.79. The molecule has 0 radical (unpaired) electrons. The van der Waals surface area contributed by atoms with Crippen LogP contribution in [0.1, 0.15) is 18.1 Å². The Morgan fingerprint density at radius 1 is 1.27 bits per heavy atom. The number of aromatic nitrogens is 2. The van der Waals surface area contributed by atoms with E-state index in [1.807, 2.05) is 42.2 Å². The quantitative estimate of drug-likeness (QED) is 0.484. The van der Waals surface area contributed by atoms with Crippen molar-refractivity contribution in [3.63, 3.8) is 0 Å². The number of nitrogens with one attached hydrogen (secondary N) is 2. The Labute approximate surface area is 131 Å². The predicted octanol–water partition coefficient (Wildman–Crippen LogP) is 1.62. The van der Waals surface area contributed by atoms with E-state index < -0.39 is 0 Å². The molecule has 0 saturated heterocycles. The fourth-order valence-electron chi connectivity index (χ4n) is 1.99. The van der Waals surface area contributed by atoms with Crippen LogP contribution < -0.4 is 10.6 Å². The van der Waals surface area contributed by atoms with Gasteiger partial charge in [0.25, 0.3) is 0 Å². The molecule has 1 heterocycles. The number of hydrogen-bond acceptors (Lipinski definition) is 2. The maximum Gasteiger partial charge on any atom is 0.192 e. The SMILES string of the molecule is C#CCNC(=NCc1cnn(Cc2ccccc2)c1)NCC. The van der Waals surface area contributed by atoms with Gasteiger partial charge in [-0.15, -0.1) is 6.42 Å². The Balaban J connectivity index is 1.94. The highest BCUT2D eigenvalue weighted by atomic mass is 15.3. The van der Waals surface area contributed by atoms with Crippen LogP contribution in [0.15, 0.2) is 47.7 Å². The summed E-state index contributed by atoms with van der Waals surface area (Å²) in [7, 11) is 0. The highest BCUT2D eigenvalue weighted by Gasteiger charge is 2.00. The molecule has 0 saturated carbocycles. The Hall–Kier alpha value is -2.74. The van der Waals surface area contributed by atoms with Crippen LogP contribution in [0.5, 0.6) is 0 Å². The van der Waals surface area contributed by atoms with Crippen molar-refractivity contribution < 1.29 is 0 Å². The van der Waals surface area contributed by atoms with Gasteiger partial charge in [0.15, 0.2) is 5.96 Å². The molecular formula is C17H21N5. The van der Waals surface area contributed by atoms with Crippen LogP contribution in [-0.2, 0) is 13.1 Å². The van der Waals surface area contributed by atoms with Crippen molar-refractivity contribution in [2.24, 2.45) is 4.99 Å². The predicted molar refractivity (Wildman–Crippen MR) is 89.4 cm³/mol. The molecule has 0 spiro atoms. The summed E-state index contributed by atoms with van der Waals surface area (Å²) in [6.45, 7) is 4.60. The summed E-state index contributed by atoms with van der Waals surface area (Å²) in [5.41, 5.74) is 2.29. The molecule has 2 N–H and O–H groups in total. The van der Waals surface area contributed by atoms with Gasteiger partial charge in [0.1, 0.15) is 0 Å². The van der Waals surface area contributed by atoms with Gasteiger partial charge < -0.3 is 10.6 Å². The van der Waals surface area contributed by atoms with Crippen LogP contribution in [0.4, 0.5) is 0 Å². The van der Waals surface area contributed by atoms with E-state index in [4.69, 9.17) is 6.42 Å². The molecule has 22 heavy (non-hydrogen) atoms. The Kier molecular flexibility index (Phi) is 6.06. The molecule has 0 amide bonds. The number of aliphatic imine (C=N–C) groups is 1. The van der Waals surface area contributed by atoms with Crippen molar-refractivity contribution in [2.75, 3.05) is 13.1 Å². The van der Waals surface area contributed by atoms with E-state index in [0.29, 0.717) is 13.1 Å². The number of benzene rings is 1. The summed E-state index contributed by atoms with van der Waals surface area (Å²) >= 11 is 0. The smallest absolute Gasteiger partial charge is 0.192 e. The summed E-state index contributed by atoms with van der Waals surface area (Å²) in [6, 6.07) is 10.3. The summed E-state index contributed by atoms with van der Waals surface area (Å²) in [6.07, 6.45) is 9.11. The second kappa shape index (κ2) is 8.53. The average molecular weight is 295 g/mol. The van der Waals surface area contributed by atoms with Gasteiger partial charge >= 0.3 is 0 Å². The van der Waals surface area contributed by atoms with E-state index in [0.717, 1.165) is 24.6 Å². The fourth-order valence-corrected chi connectivity index (χ4v) is 1.99. The van der Waals surface area contributed by atoms with Gasteiger partial charge in [0, 0.05) is 18.3 Å². The lowest BCUT2D eigenvalue weighted by Crippen LogP contribution is -2.37. The minimum Gasteiger partial charge on any atom is -0.357 e. The van der Waals surface area contributed by atoms with E-state index in [1.54, 1.807) is 0 Å². The molecule has 0 unspecified atom stereocenters. The molecule has 0 aliphatic rings. The lowest BCUT2D eigenvalue weighted by atomic mass is 10.2. The lowest BCUT2D eigenvalue weighted by molar-refractivity contribution is 0.686. The molecule has 0 atom stereocenters. The number of guanidine groups is 1. The Bertz CT molecular complexity index is 637.